The molecule has 2 atom stereocenters. The van der Waals surface area contributed by atoms with Gasteiger partial charge in [0.1, 0.15) is 11.6 Å². The summed E-state index contributed by atoms with van der Waals surface area (Å²) in [4.78, 5) is 31.5. The van der Waals surface area contributed by atoms with E-state index >= 15 is 0 Å². The van der Waals surface area contributed by atoms with Gasteiger partial charge < -0.3 is 10.2 Å². The molecule has 8 heteroatoms. The van der Waals surface area contributed by atoms with Crippen molar-refractivity contribution in [2.24, 2.45) is 0 Å². The summed E-state index contributed by atoms with van der Waals surface area (Å²) in [5.74, 6) is 0.743. The molecule has 4 heterocycles. The van der Waals surface area contributed by atoms with E-state index in [9.17, 15) is 9.18 Å². The molecule has 3 aromatic rings. The standard InChI is InChI=1S/C23H25FN6O/c1-14-9-19(10-21(24)26-14)27-22-11-20(17-5-4-8-25-12-17)28-23(29-22)18-7-6-15(2)30(13-18)16(3)31/h4-5,8-12,15,18H,6-7,13H2,1-3H3,(H,26,27,28,29)/t15-,18+/m0/s1. The summed E-state index contributed by atoms with van der Waals surface area (Å²) in [6.07, 6.45) is 5.24. The fraction of sp³-hybridized carbons (Fsp3) is 0.348. The number of carbonyl (C=O) groups is 1. The fourth-order valence-electron chi connectivity index (χ4n) is 3.98. The van der Waals surface area contributed by atoms with Crippen LogP contribution >= 0.6 is 0 Å². The Bertz CT molecular complexity index is 1070. The summed E-state index contributed by atoms with van der Waals surface area (Å²) >= 11 is 0. The molecule has 0 bridgehead atoms. The number of pyridine rings is 2. The van der Waals surface area contributed by atoms with Crippen molar-refractivity contribution in [3.63, 3.8) is 0 Å². The molecular formula is C23H25FN6O. The Morgan fingerprint density at radius 2 is 2.03 bits per heavy atom. The van der Waals surface area contributed by atoms with Crippen LogP contribution < -0.4 is 5.32 Å². The summed E-state index contributed by atoms with van der Waals surface area (Å²) in [7, 11) is 0. The smallest absolute Gasteiger partial charge is 0.219 e. The molecule has 3 aromatic heterocycles. The van der Waals surface area contributed by atoms with E-state index in [1.54, 1.807) is 32.3 Å². The molecule has 0 aromatic carbocycles. The van der Waals surface area contributed by atoms with E-state index in [1.807, 2.05) is 23.1 Å². The Morgan fingerprint density at radius 3 is 2.74 bits per heavy atom. The van der Waals surface area contributed by atoms with Gasteiger partial charge in [-0.2, -0.15) is 4.39 Å². The zero-order valence-electron chi connectivity index (χ0n) is 17.8. The number of carbonyl (C=O) groups excluding carboxylic acids is 1. The summed E-state index contributed by atoms with van der Waals surface area (Å²) < 4.78 is 13.8. The van der Waals surface area contributed by atoms with Crippen molar-refractivity contribution in [2.45, 2.75) is 45.6 Å². The average Bonchev–Trinajstić information content (AvgIpc) is 2.73. The monoisotopic (exact) mass is 420 g/mol. The number of hydrogen-bond acceptors (Lipinski definition) is 6. The summed E-state index contributed by atoms with van der Waals surface area (Å²) in [6, 6.07) is 8.90. The van der Waals surface area contributed by atoms with E-state index in [1.165, 1.54) is 6.07 Å². The highest BCUT2D eigenvalue weighted by molar-refractivity contribution is 5.73. The van der Waals surface area contributed by atoms with Crippen molar-refractivity contribution in [2.75, 3.05) is 11.9 Å². The lowest BCUT2D eigenvalue weighted by molar-refractivity contribution is -0.132. The summed E-state index contributed by atoms with van der Waals surface area (Å²) in [5.41, 5.74) is 2.72. The number of piperidine rings is 1. The number of aryl methyl sites for hydroxylation is 1. The maximum Gasteiger partial charge on any atom is 0.219 e. The van der Waals surface area contributed by atoms with Gasteiger partial charge in [0.05, 0.1) is 5.69 Å². The molecule has 31 heavy (non-hydrogen) atoms. The van der Waals surface area contributed by atoms with Crippen molar-refractivity contribution in [3.05, 3.63) is 60.2 Å². The van der Waals surface area contributed by atoms with Crippen LogP contribution in [0.2, 0.25) is 0 Å². The topological polar surface area (TPSA) is 83.9 Å². The molecule has 1 fully saturated rings. The lowest BCUT2D eigenvalue weighted by Gasteiger charge is -2.37. The Morgan fingerprint density at radius 1 is 1.19 bits per heavy atom. The van der Waals surface area contributed by atoms with Gasteiger partial charge in [-0.25, -0.2) is 15.0 Å². The number of nitrogens with one attached hydrogen (secondary N) is 1. The van der Waals surface area contributed by atoms with Gasteiger partial charge in [0.15, 0.2) is 0 Å². The third kappa shape index (κ3) is 4.84. The number of aromatic nitrogens is 4. The van der Waals surface area contributed by atoms with E-state index in [-0.39, 0.29) is 17.9 Å². The van der Waals surface area contributed by atoms with E-state index in [0.717, 1.165) is 24.1 Å². The molecule has 0 saturated carbocycles. The van der Waals surface area contributed by atoms with Crippen LogP contribution in [-0.4, -0.2) is 43.3 Å². The van der Waals surface area contributed by atoms with Gasteiger partial charge in [0, 0.05) is 66.9 Å². The predicted octanol–water partition coefficient (Wildman–Crippen LogP) is 4.24. The lowest BCUT2D eigenvalue weighted by atomic mass is 9.92. The van der Waals surface area contributed by atoms with Crippen molar-refractivity contribution in [3.8, 4) is 11.3 Å². The molecule has 0 aliphatic carbocycles. The highest BCUT2D eigenvalue weighted by atomic mass is 19.1. The van der Waals surface area contributed by atoms with Crippen molar-refractivity contribution < 1.29 is 9.18 Å². The van der Waals surface area contributed by atoms with Crippen molar-refractivity contribution in [1.82, 2.24) is 24.8 Å². The van der Waals surface area contributed by atoms with E-state index in [4.69, 9.17) is 9.97 Å². The SMILES string of the molecule is CC(=O)N1C[C@H](c2nc(Nc3cc(C)nc(F)c3)cc(-c3cccnc3)n2)CC[C@@H]1C. The van der Waals surface area contributed by atoms with Crippen LogP contribution in [0.25, 0.3) is 11.3 Å². The van der Waals surface area contributed by atoms with Crippen LogP contribution in [0, 0.1) is 12.9 Å². The summed E-state index contributed by atoms with van der Waals surface area (Å²) in [6.45, 7) is 5.98. The minimum absolute atomic E-state index is 0.0215. The third-order valence-corrected chi connectivity index (χ3v) is 5.55. The molecule has 1 N–H and O–H groups in total. The molecule has 7 nitrogen and oxygen atoms in total. The predicted molar refractivity (Wildman–Crippen MR) is 116 cm³/mol. The number of likely N-dealkylation sites (tertiary alicyclic amines) is 1. The van der Waals surface area contributed by atoms with Gasteiger partial charge >= 0.3 is 0 Å². The Hall–Kier alpha value is -3.42. The molecule has 1 amide bonds. The van der Waals surface area contributed by atoms with E-state index < -0.39 is 5.95 Å². The first-order valence-corrected chi connectivity index (χ1v) is 10.4. The third-order valence-electron chi connectivity index (χ3n) is 5.55. The van der Waals surface area contributed by atoms with Crippen LogP contribution in [0.1, 0.15) is 44.1 Å². The molecule has 0 unspecified atom stereocenters. The average molecular weight is 420 g/mol. The quantitative estimate of drug-likeness (QED) is 0.636. The number of rotatable bonds is 4. The number of amides is 1. The second-order valence-corrected chi connectivity index (χ2v) is 7.98. The van der Waals surface area contributed by atoms with Gasteiger partial charge in [-0.3, -0.25) is 9.78 Å². The van der Waals surface area contributed by atoms with Gasteiger partial charge in [-0.15, -0.1) is 0 Å². The normalized spacial score (nSPS) is 18.6. The van der Waals surface area contributed by atoms with E-state index in [0.29, 0.717) is 29.6 Å². The largest absolute Gasteiger partial charge is 0.340 e. The van der Waals surface area contributed by atoms with Crippen molar-refractivity contribution in [1.29, 1.82) is 0 Å². The van der Waals surface area contributed by atoms with Gasteiger partial charge in [0.25, 0.3) is 0 Å². The zero-order chi connectivity index (χ0) is 22.0. The van der Waals surface area contributed by atoms with Crippen LogP contribution in [0.4, 0.5) is 15.9 Å². The maximum atomic E-state index is 13.8. The van der Waals surface area contributed by atoms with Crippen molar-refractivity contribution >= 4 is 17.4 Å². The fourth-order valence-corrected chi connectivity index (χ4v) is 3.98. The molecule has 4 rings (SSSR count). The second-order valence-electron chi connectivity index (χ2n) is 7.98. The zero-order valence-corrected chi connectivity index (χ0v) is 17.8. The van der Waals surface area contributed by atoms with Gasteiger partial charge in [0.2, 0.25) is 11.9 Å². The first kappa shape index (κ1) is 20.8. The Balaban J connectivity index is 1.72. The van der Waals surface area contributed by atoms with E-state index in [2.05, 4.69) is 22.2 Å². The number of anilines is 2. The van der Waals surface area contributed by atoms with Gasteiger partial charge in [-0.05, 0) is 44.9 Å². The maximum absolute atomic E-state index is 13.8. The highest BCUT2D eigenvalue weighted by Gasteiger charge is 2.30. The highest BCUT2D eigenvalue weighted by Crippen LogP contribution is 2.31. The minimum atomic E-state index is -0.553. The van der Waals surface area contributed by atoms with Gasteiger partial charge in [-0.1, -0.05) is 0 Å². The molecular weight excluding hydrogens is 395 g/mol. The minimum Gasteiger partial charge on any atom is -0.340 e. The van der Waals surface area contributed by atoms with Crippen LogP contribution in [-0.2, 0) is 4.79 Å². The molecule has 1 aliphatic rings. The van der Waals surface area contributed by atoms with Crippen LogP contribution in [0.5, 0.6) is 0 Å². The number of hydrogen-bond donors (Lipinski definition) is 1. The molecule has 0 radical (unpaired) electrons. The number of nitrogens with zero attached hydrogens (tertiary/aromatic N) is 5. The molecule has 1 aliphatic heterocycles. The lowest BCUT2D eigenvalue weighted by Crippen LogP contribution is -2.44. The molecule has 0 spiro atoms. The first-order valence-electron chi connectivity index (χ1n) is 10.4. The molecule has 1 saturated heterocycles. The number of halogens is 1. The van der Waals surface area contributed by atoms with Crippen LogP contribution in [0.3, 0.4) is 0 Å². The molecule has 160 valence electrons. The first-order chi connectivity index (χ1) is 14.9. The van der Waals surface area contributed by atoms with Crippen LogP contribution in [0.15, 0.2) is 42.7 Å². The summed E-state index contributed by atoms with van der Waals surface area (Å²) in [5, 5.41) is 3.19. The Labute approximate surface area is 180 Å². The second kappa shape index (κ2) is 8.75. The Kier molecular flexibility index (Phi) is 5.88.